The van der Waals surface area contributed by atoms with Gasteiger partial charge in [0.1, 0.15) is 18.0 Å². The molecule has 0 spiro atoms. The van der Waals surface area contributed by atoms with Gasteiger partial charge in [-0.15, -0.1) is 0 Å². The molecule has 7 atom stereocenters. The summed E-state index contributed by atoms with van der Waals surface area (Å²) < 4.78 is 16.6. The van der Waals surface area contributed by atoms with Crippen molar-refractivity contribution >= 4 is 17.7 Å². The fraction of sp³-hybridized carbons (Fsp3) is 0.800. The summed E-state index contributed by atoms with van der Waals surface area (Å²) in [5.41, 5.74) is 0. The smallest absolute Gasteiger partial charge is 0.313 e. The van der Waals surface area contributed by atoms with Gasteiger partial charge in [0.05, 0.1) is 17.8 Å². The Bertz CT molecular complexity index is 487. The van der Waals surface area contributed by atoms with Crippen molar-refractivity contribution in [3.63, 3.8) is 0 Å². The number of hydrogen-bond acceptors (Lipinski definition) is 6. The van der Waals surface area contributed by atoms with E-state index >= 15 is 0 Å². The molecule has 0 amide bonds. The molecule has 0 radical (unpaired) electrons. The third kappa shape index (κ3) is 1.99. The molecule has 0 saturated carbocycles. The lowest BCUT2D eigenvalue weighted by molar-refractivity contribution is -0.164. The van der Waals surface area contributed by atoms with Gasteiger partial charge in [0.15, 0.2) is 12.2 Å². The fourth-order valence-electron chi connectivity index (χ4n) is 3.49. The molecule has 0 aliphatic carbocycles. The van der Waals surface area contributed by atoms with Gasteiger partial charge in [-0.2, -0.15) is 0 Å². The molecule has 3 saturated heterocycles. The standard InChI is InChI=1S/C15H20O6/c1-4-6(3)14(17)20-12-10-8(7(16)5-2)9-11(19-10)13(12)21-15(9)18/h6,8-13H,4-5H2,1-3H3. The first-order valence-corrected chi connectivity index (χ1v) is 7.58. The number of carbonyl (C=O) groups excluding carboxylic acids is 3. The summed E-state index contributed by atoms with van der Waals surface area (Å²) in [6.45, 7) is 5.44. The third-order valence-corrected chi connectivity index (χ3v) is 4.89. The molecule has 3 fully saturated rings. The van der Waals surface area contributed by atoms with Crippen molar-refractivity contribution in [3.05, 3.63) is 0 Å². The van der Waals surface area contributed by atoms with Crippen LogP contribution in [0.2, 0.25) is 0 Å². The molecule has 3 rings (SSSR count). The maximum Gasteiger partial charge on any atom is 0.313 e. The fourth-order valence-corrected chi connectivity index (χ4v) is 3.49. The van der Waals surface area contributed by atoms with Gasteiger partial charge in [-0.1, -0.05) is 20.8 Å². The Morgan fingerprint density at radius 3 is 2.57 bits per heavy atom. The Kier molecular flexibility index (Phi) is 3.51. The Hall–Kier alpha value is -1.43. The molecule has 116 valence electrons. The maximum absolute atomic E-state index is 12.1. The van der Waals surface area contributed by atoms with Gasteiger partial charge in [-0.05, 0) is 6.42 Å². The number of rotatable bonds is 5. The van der Waals surface area contributed by atoms with Crippen LogP contribution in [0.1, 0.15) is 33.6 Å². The molecule has 3 heterocycles. The van der Waals surface area contributed by atoms with Crippen LogP contribution in [0.25, 0.3) is 0 Å². The Balaban J connectivity index is 1.82. The van der Waals surface area contributed by atoms with Gasteiger partial charge in [-0.25, -0.2) is 0 Å². The van der Waals surface area contributed by atoms with Crippen molar-refractivity contribution in [1.82, 2.24) is 0 Å². The zero-order chi connectivity index (χ0) is 15.3. The van der Waals surface area contributed by atoms with Crippen LogP contribution in [0.15, 0.2) is 0 Å². The van der Waals surface area contributed by atoms with Crippen LogP contribution in [0, 0.1) is 17.8 Å². The highest BCUT2D eigenvalue weighted by Crippen LogP contribution is 2.51. The number of carbonyl (C=O) groups is 3. The first-order chi connectivity index (χ1) is 9.99. The predicted octanol–water partition coefficient (Wildman–Crippen LogP) is 0.862. The second-order valence-electron chi connectivity index (χ2n) is 6.05. The largest absolute Gasteiger partial charge is 0.455 e. The monoisotopic (exact) mass is 296 g/mol. The lowest BCUT2D eigenvalue weighted by Gasteiger charge is -2.28. The van der Waals surface area contributed by atoms with Crippen LogP contribution in [0.3, 0.4) is 0 Å². The Morgan fingerprint density at radius 1 is 1.24 bits per heavy atom. The van der Waals surface area contributed by atoms with E-state index in [-0.39, 0.29) is 17.7 Å². The van der Waals surface area contributed by atoms with E-state index in [9.17, 15) is 14.4 Å². The molecule has 2 bridgehead atoms. The van der Waals surface area contributed by atoms with E-state index < -0.39 is 42.2 Å². The molecular formula is C15H20O6. The normalized spacial score (nSPS) is 41.0. The zero-order valence-electron chi connectivity index (χ0n) is 12.4. The number of ether oxygens (including phenoxy) is 3. The first kappa shape index (κ1) is 14.5. The van der Waals surface area contributed by atoms with Crippen molar-refractivity contribution in [2.75, 3.05) is 0 Å². The average molecular weight is 296 g/mol. The second-order valence-corrected chi connectivity index (χ2v) is 6.05. The van der Waals surface area contributed by atoms with Gasteiger partial charge in [0.25, 0.3) is 0 Å². The highest BCUT2D eigenvalue weighted by molar-refractivity contribution is 5.90. The van der Waals surface area contributed by atoms with E-state index in [1.54, 1.807) is 13.8 Å². The maximum atomic E-state index is 12.1. The van der Waals surface area contributed by atoms with Crippen LogP contribution < -0.4 is 0 Å². The highest BCUT2D eigenvalue weighted by atomic mass is 16.7. The van der Waals surface area contributed by atoms with Crippen molar-refractivity contribution in [1.29, 1.82) is 0 Å². The van der Waals surface area contributed by atoms with Gasteiger partial charge in [0, 0.05) is 6.42 Å². The highest BCUT2D eigenvalue weighted by Gasteiger charge is 2.71. The van der Waals surface area contributed by atoms with Crippen LogP contribution in [-0.2, 0) is 28.6 Å². The number of Topliss-reactive ketones (excluding diaryl/α,β-unsaturated/α-hetero) is 1. The van der Waals surface area contributed by atoms with Crippen molar-refractivity contribution in [2.45, 2.75) is 58.0 Å². The number of fused-ring (bicyclic) bond motifs is 1. The molecule has 6 nitrogen and oxygen atoms in total. The van der Waals surface area contributed by atoms with Crippen molar-refractivity contribution < 1.29 is 28.6 Å². The zero-order valence-corrected chi connectivity index (χ0v) is 12.4. The van der Waals surface area contributed by atoms with Crippen LogP contribution in [0.4, 0.5) is 0 Å². The Morgan fingerprint density at radius 2 is 1.95 bits per heavy atom. The number of esters is 2. The van der Waals surface area contributed by atoms with E-state index in [4.69, 9.17) is 14.2 Å². The molecule has 7 unspecified atom stereocenters. The molecule has 3 aliphatic rings. The predicted molar refractivity (Wildman–Crippen MR) is 70.2 cm³/mol. The van der Waals surface area contributed by atoms with E-state index in [2.05, 4.69) is 0 Å². The number of ketones is 1. The Labute approximate surface area is 123 Å². The average Bonchev–Trinajstić information content (AvgIpc) is 3.08. The quantitative estimate of drug-likeness (QED) is 0.700. The topological polar surface area (TPSA) is 78.9 Å². The van der Waals surface area contributed by atoms with Crippen molar-refractivity contribution in [3.8, 4) is 0 Å². The molecule has 0 aromatic rings. The summed E-state index contributed by atoms with van der Waals surface area (Å²) in [5.74, 6) is -2.05. The molecule has 0 aromatic carbocycles. The van der Waals surface area contributed by atoms with Gasteiger partial charge >= 0.3 is 11.9 Å². The van der Waals surface area contributed by atoms with E-state index in [0.717, 1.165) is 0 Å². The van der Waals surface area contributed by atoms with Gasteiger partial charge in [0.2, 0.25) is 0 Å². The minimum absolute atomic E-state index is 0.0330. The molecule has 3 aliphatic heterocycles. The SMILES string of the molecule is CCC(=O)C1C2OC3C(OC(=O)C31)C2OC(=O)C(C)CC. The minimum atomic E-state index is -0.653. The van der Waals surface area contributed by atoms with Gasteiger partial charge < -0.3 is 14.2 Å². The van der Waals surface area contributed by atoms with E-state index in [0.29, 0.717) is 12.8 Å². The summed E-state index contributed by atoms with van der Waals surface area (Å²) in [5, 5.41) is 0. The third-order valence-electron chi connectivity index (χ3n) is 4.89. The summed E-state index contributed by atoms with van der Waals surface area (Å²) >= 11 is 0. The van der Waals surface area contributed by atoms with Crippen LogP contribution in [0.5, 0.6) is 0 Å². The lowest BCUT2D eigenvalue weighted by atomic mass is 9.75. The van der Waals surface area contributed by atoms with Crippen molar-refractivity contribution in [2.24, 2.45) is 17.8 Å². The number of hydrogen-bond donors (Lipinski definition) is 0. The van der Waals surface area contributed by atoms with Crippen LogP contribution in [-0.4, -0.2) is 42.1 Å². The summed E-state index contributed by atoms with van der Waals surface area (Å²) in [7, 11) is 0. The molecular weight excluding hydrogens is 276 g/mol. The molecule has 21 heavy (non-hydrogen) atoms. The molecule has 6 heteroatoms. The summed E-state index contributed by atoms with van der Waals surface area (Å²) in [6, 6.07) is 0. The second kappa shape index (κ2) is 5.09. The van der Waals surface area contributed by atoms with Crippen LogP contribution >= 0.6 is 0 Å². The summed E-state index contributed by atoms with van der Waals surface area (Å²) in [6.07, 6.45) is -1.20. The van der Waals surface area contributed by atoms with Gasteiger partial charge in [-0.3, -0.25) is 14.4 Å². The minimum Gasteiger partial charge on any atom is -0.455 e. The lowest BCUT2D eigenvalue weighted by Crippen LogP contribution is -2.47. The van der Waals surface area contributed by atoms with E-state index in [1.807, 2.05) is 6.92 Å². The molecule has 0 N–H and O–H groups in total. The first-order valence-electron chi connectivity index (χ1n) is 7.58. The van der Waals surface area contributed by atoms with E-state index in [1.165, 1.54) is 0 Å². The molecule has 0 aromatic heterocycles. The summed E-state index contributed by atoms with van der Waals surface area (Å²) in [4.78, 5) is 36.1.